The number of pyridine rings is 1. The van der Waals surface area contributed by atoms with Crippen LogP contribution in [0.25, 0.3) is 0 Å². The molecule has 2 heterocycles. The van der Waals surface area contributed by atoms with Crippen LogP contribution in [-0.2, 0) is 6.54 Å². The standard InChI is InChI=1S/C23H22BrN5O3/c24-20-6-2-1-5-19(20)23(30)28-12-10-27(11-13-28)18-7-8-22(29(31)32)21(14-18)26-16-17-4-3-9-25-15-17/h1-9,14-15,26H,10-13,16H2. The molecule has 0 aliphatic carbocycles. The van der Waals surface area contributed by atoms with Gasteiger partial charge in [-0.1, -0.05) is 18.2 Å². The van der Waals surface area contributed by atoms with E-state index < -0.39 is 0 Å². The number of hydrogen-bond acceptors (Lipinski definition) is 6. The highest BCUT2D eigenvalue weighted by molar-refractivity contribution is 9.10. The molecule has 3 aromatic rings. The van der Waals surface area contributed by atoms with Gasteiger partial charge in [-0.05, 0) is 51.8 Å². The van der Waals surface area contributed by atoms with E-state index in [-0.39, 0.29) is 16.5 Å². The Morgan fingerprint density at radius 1 is 1.09 bits per heavy atom. The number of rotatable bonds is 6. The number of nitrogens with zero attached hydrogens (tertiary/aromatic N) is 4. The minimum Gasteiger partial charge on any atom is -0.375 e. The number of nitro benzene ring substituents is 1. The predicted molar refractivity (Wildman–Crippen MR) is 127 cm³/mol. The molecule has 0 atom stereocenters. The van der Waals surface area contributed by atoms with Gasteiger partial charge in [0.25, 0.3) is 11.6 Å². The molecule has 164 valence electrons. The fourth-order valence-electron chi connectivity index (χ4n) is 3.69. The van der Waals surface area contributed by atoms with Crippen molar-refractivity contribution < 1.29 is 9.72 Å². The smallest absolute Gasteiger partial charge is 0.292 e. The third kappa shape index (κ3) is 4.88. The van der Waals surface area contributed by atoms with Crippen molar-refractivity contribution in [1.29, 1.82) is 0 Å². The first-order valence-corrected chi connectivity index (χ1v) is 11.0. The zero-order valence-corrected chi connectivity index (χ0v) is 18.9. The second kappa shape index (κ2) is 9.78. The molecule has 1 aromatic heterocycles. The first kappa shape index (κ1) is 21.8. The number of piperazine rings is 1. The quantitative estimate of drug-likeness (QED) is 0.404. The molecule has 1 fully saturated rings. The number of nitro groups is 1. The molecule has 2 aromatic carbocycles. The van der Waals surface area contributed by atoms with Crippen molar-refractivity contribution in [2.45, 2.75) is 6.54 Å². The maximum absolute atomic E-state index is 12.8. The monoisotopic (exact) mass is 495 g/mol. The first-order chi connectivity index (χ1) is 15.5. The lowest BCUT2D eigenvalue weighted by molar-refractivity contribution is -0.384. The van der Waals surface area contributed by atoms with Gasteiger partial charge in [0.15, 0.2) is 0 Å². The summed E-state index contributed by atoms with van der Waals surface area (Å²) in [5, 5.41) is 14.7. The van der Waals surface area contributed by atoms with Gasteiger partial charge in [-0.3, -0.25) is 19.9 Å². The summed E-state index contributed by atoms with van der Waals surface area (Å²) in [6.07, 6.45) is 3.41. The van der Waals surface area contributed by atoms with Gasteiger partial charge in [-0.15, -0.1) is 0 Å². The van der Waals surface area contributed by atoms with E-state index in [1.807, 2.05) is 41.3 Å². The van der Waals surface area contributed by atoms with Gasteiger partial charge < -0.3 is 15.1 Å². The van der Waals surface area contributed by atoms with Gasteiger partial charge >= 0.3 is 0 Å². The molecule has 1 N–H and O–H groups in total. The number of hydrogen-bond donors (Lipinski definition) is 1. The van der Waals surface area contributed by atoms with Gasteiger partial charge in [-0.2, -0.15) is 0 Å². The fourth-order valence-corrected chi connectivity index (χ4v) is 4.15. The molecule has 8 nitrogen and oxygen atoms in total. The summed E-state index contributed by atoms with van der Waals surface area (Å²) in [5.74, 6) is -0.000323. The number of anilines is 2. The van der Waals surface area contributed by atoms with Gasteiger partial charge in [-0.25, -0.2) is 0 Å². The lowest BCUT2D eigenvalue weighted by Crippen LogP contribution is -2.48. The molecule has 0 unspecified atom stereocenters. The maximum atomic E-state index is 12.8. The number of amides is 1. The van der Waals surface area contributed by atoms with Crippen LogP contribution in [0.5, 0.6) is 0 Å². The van der Waals surface area contributed by atoms with Crippen LogP contribution in [0, 0.1) is 10.1 Å². The largest absolute Gasteiger partial charge is 0.375 e. The molecule has 4 rings (SSSR count). The number of benzene rings is 2. The van der Waals surface area contributed by atoms with Crippen LogP contribution in [-0.4, -0.2) is 46.9 Å². The molecule has 1 amide bonds. The summed E-state index contributed by atoms with van der Waals surface area (Å²) < 4.78 is 0.784. The molecule has 1 aliphatic heterocycles. The highest BCUT2D eigenvalue weighted by atomic mass is 79.9. The molecule has 1 saturated heterocycles. The number of nitrogens with one attached hydrogen (secondary N) is 1. The Kier molecular flexibility index (Phi) is 6.65. The second-order valence-corrected chi connectivity index (χ2v) is 8.29. The number of carbonyl (C=O) groups is 1. The van der Waals surface area contributed by atoms with E-state index in [2.05, 4.69) is 31.1 Å². The van der Waals surface area contributed by atoms with E-state index in [9.17, 15) is 14.9 Å². The molecule has 0 radical (unpaired) electrons. The summed E-state index contributed by atoms with van der Waals surface area (Å²) in [6.45, 7) is 2.89. The average Bonchev–Trinajstić information content (AvgIpc) is 2.83. The van der Waals surface area contributed by atoms with Crippen LogP contribution in [0.3, 0.4) is 0 Å². The van der Waals surface area contributed by atoms with E-state index in [0.29, 0.717) is 44.0 Å². The summed E-state index contributed by atoms with van der Waals surface area (Å²) >= 11 is 3.45. The highest BCUT2D eigenvalue weighted by Crippen LogP contribution is 2.31. The molecule has 0 saturated carbocycles. The van der Waals surface area contributed by atoms with Crippen LogP contribution < -0.4 is 10.2 Å². The first-order valence-electron chi connectivity index (χ1n) is 10.2. The Morgan fingerprint density at radius 2 is 1.88 bits per heavy atom. The number of halogens is 1. The minimum atomic E-state index is -0.385. The van der Waals surface area contributed by atoms with Crippen molar-refractivity contribution in [3.63, 3.8) is 0 Å². The van der Waals surface area contributed by atoms with Gasteiger partial charge in [0.05, 0.1) is 10.5 Å². The van der Waals surface area contributed by atoms with Crippen LogP contribution >= 0.6 is 15.9 Å². The van der Waals surface area contributed by atoms with Crippen molar-refractivity contribution in [3.8, 4) is 0 Å². The van der Waals surface area contributed by atoms with Gasteiger partial charge in [0.2, 0.25) is 0 Å². The highest BCUT2D eigenvalue weighted by Gasteiger charge is 2.24. The summed E-state index contributed by atoms with van der Waals surface area (Å²) in [7, 11) is 0. The van der Waals surface area contributed by atoms with Crippen LogP contribution in [0.2, 0.25) is 0 Å². The summed E-state index contributed by atoms with van der Waals surface area (Å²) in [5.41, 5.74) is 2.96. The van der Waals surface area contributed by atoms with E-state index in [1.54, 1.807) is 24.5 Å². The Balaban J connectivity index is 1.45. The van der Waals surface area contributed by atoms with Crippen molar-refractivity contribution in [2.24, 2.45) is 0 Å². The molecule has 1 aliphatic rings. The lowest BCUT2D eigenvalue weighted by Gasteiger charge is -2.36. The third-order valence-corrected chi connectivity index (χ3v) is 6.11. The fraction of sp³-hybridized carbons (Fsp3) is 0.217. The molecule has 0 spiro atoms. The Bertz CT molecular complexity index is 1120. The SMILES string of the molecule is O=C(c1ccccc1Br)N1CCN(c2ccc([N+](=O)[O-])c(NCc3cccnc3)c2)CC1. The topological polar surface area (TPSA) is 91.6 Å². The van der Waals surface area contributed by atoms with Crippen LogP contribution in [0.15, 0.2) is 71.5 Å². The van der Waals surface area contributed by atoms with Gasteiger partial charge in [0, 0.05) is 61.3 Å². The van der Waals surface area contributed by atoms with Crippen molar-refractivity contribution in [2.75, 3.05) is 36.4 Å². The number of carbonyl (C=O) groups excluding carboxylic acids is 1. The van der Waals surface area contributed by atoms with E-state index in [1.165, 1.54) is 6.07 Å². The molecular formula is C23H22BrN5O3. The maximum Gasteiger partial charge on any atom is 0.292 e. The van der Waals surface area contributed by atoms with Crippen molar-refractivity contribution >= 4 is 38.9 Å². The van der Waals surface area contributed by atoms with E-state index in [0.717, 1.165) is 15.7 Å². The zero-order valence-electron chi connectivity index (χ0n) is 17.3. The van der Waals surface area contributed by atoms with Crippen LogP contribution in [0.1, 0.15) is 15.9 Å². The Labute approximate surface area is 194 Å². The van der Waals surface area contributed by atoms with E-state index >= 15 is 0 Å². The Hall–Kier alpha value is -3.46. The second-order valence-electron chi connectivity index (χ2n) is 7.43. The normalized spacial score (nSPS) is 13.7. The average molecular weight is 496 g/mol. The molecule has 0 bridgehead atoms. The van der Waals surface area contributed by atoms with Crippen LogP contribution in [0.4, 0.5) is 17.1 Å². The summed E-state index contributed by atoms with van der Waals surface area (Å²) in [6, 6.07) is 16.2. The van der Waals surface area contributed by atoms with Crippen molar-refractivity contribution in [3.05, 3.63) is 92.7 Å². The Morgan fingerprint density at radius 3 is 2.56 bits per heavy atom. The molecular weight excluding hydrogens is 474 g/mol. The van der Waals surface area contributed by atoms with Gasteiger partial charge in [0.1, 0.15) is 5.69 Å². The lowest BCUT2D eigenvalue weighted by atomic mass is 10.1. The predicted octanol–water partition coefficient (Wildman–Crippen LogP) is 4.33. The van der Waals surface area contributed by atoms with E-state index in [4.69, 9.17) is 0 Å². The molecule has 32 heavy (non-hydrogen) atoms. The number of aromatic nitrogens is 1. The minimum absolute atomic E-state index is 0.000323. The summed E-state index contributed by atoms with van der Waals surface area (Å²) in [4.78, 5) is 32.0. The van der Waals surface area contributed by atoms with Crippen molar-refractivity contribution in [1.82, 2.24) is 9.88 Å². The zero-order chi connectivity index (χ0) is 22.5. The third-order valence-electron chi connectivity index (χ3n) is 5.42. The molecule has 9 heteroatoms.